The van der Waals surface area contributed by atoms with Gasteiger partial charge >= 0.3 is 0 Å². The zero-order valence-electron chi connectivity index (χ0n) is 17.2. The first-order chi connectivity index (χ1) is 14.6. The zero-order valence-corrected chi connectivity index (χ0v) is 17.2. The van der Waals surface area contributed by atoms with Gasteiger partial charge in [-0.1, -0.05) is 6.08 Å². The molecule has 3 heterocycles. The van der Waals surface area contributed by atoms with E-state index in [0.29, 0.717) is 23.2 Å². The van der Waals surface area contributed by atoms with E-state index in [-0.39, 0.29) is 0 Å². The largest absolute Gasteiger partial charge is 0.458 e. The maximum Gasteiger partial charge on any atom is 0.254 e. The lowest BCUT2D eigenvalue weighted by Gasteiger charge is -2.40. The van der Waals surface area contributed by atoms with Crippen molar-refractivity contribution in [1.82, 2.24) is 14.7 Å². The van der Waals surface area contributed by atoms with Gasteiger partial charge in [0.05, 0.1) is 0 Å². The summed E-state index contributed by atoms with van der Waals surface area (Å²) >= 11 is 0. The number of nitrogens with one attached hydrogen (secondary N) is 1. The quantitative estimate of drug-likeness (QED) is 0.817. The minimum Gasteiger partial charge on any atom is -0.458 e. The van der Waals surface area contributed by atoms with Crippen LogP contribution in [-0.2, 0) is 6.54 Å². The van der Waals surface area contributed by atoms with Crippen LogP contribution in [-0.4, -0.2) is 46.8 Å². The molecule has 0 saturated carbocycles. The molecule has 2 atom stereocenters. The average molecular weight is 406 g/mol. The van der Waals surface area contributed by atoms with Crippen LogP contribution >= 0.6 is 0 Å². The number of amides is 1. The minimum absolute atomic E-state index is 0.351. The highest BCUT2D eigenvalue weighted by Gasteiger charge is 2.36. The van der Waals surface area contributed by atoms with Gasteiger partial charge in [0.1, 0.15) is 28.6 Å². The van der Waals surface area contributed by atoms with Crippen molar-refractivity contribution in [3.8, 4) is 17.0 Å². The van der Waals surface area contributed by atoms with Crippen molar-refractivity contribution < 1.29 is 9.53 Å². The molecule has 5 rings (SSSR count). The van der Waals surface area contributed by atoms with E-state index in [9.17, 15) is 4.79 Å². The van der Waals surface area contributed by atoms with Gasteiger partial charge in [-0.25, -0.2) is 4.68 Å². The molecule has 1 saturated heterocycles. The molecular formula is C23H27N5O2. The van der Waals surface area contributed by atoms with Crippen molar-refractivity contribution in [3.63, 3.8) is 0 Å². The molecule has 1 fully saturated rings. The Morgan fingerprint density at radius 1 is 1.23 bits per heavy atom. The van der Waals surface area contributed by atoms with Crippen molar-refractivity contribution >= 4 is 11.7 Å². The van der Waals surface area contributed by atoms with Crippen LogP contribution in [0.3, 0.4) is 0 Å². The van der Waals surface area contributed by atoms with Crippen LogP contribution in [0.5, 0.6) is 5.75 Å². The Morgan fingerprint density at radius 2 is 2.07 bits per heavy atom. The minimum atomic E-state index is -0.456. The number of primary amides is 1. The van der Waals surface area contributed by atoms with Crippen LogP contribution in [0.25, 0.3) is 11.3 Å². The topological polar surface area (TPSA) is 85.4 Å². The first-order valence-corrected chi connectivity index (χ1v) is 10.6. The number of rotatable bonds is 4. The van der Waals surface area contributed by atoms with Gasteiger partial charge in [0.2, 0.25) is 0 Å². The Balaban J connectivity index is 1.44. The number of aromatic nitrogens is 2. The second-order valence-electron chi connectivity index (χ2n) is 8.39. The molecule has 1 aromatic heterocycles. The molecule has 0 bridgehead atoms. The van der Waals surface area contributed by atoms with Gasteiger partial charge in [-0.2, -0.15) is 5.10 Å². The highest BCUT2D eigenvalue weighted by atomic mass is 16.5. The third-order valence-corrected chi connectivity index (χ3v) is 6.19. The summed E-state index contributed by atoms with van der Waals surface area (Å²) in [4.78, 5) is 14.7. The fourth-order valence-electron chi connectivity index (χ4n) is 4.64. The second-order valence-corrected chi connectivity index (χ2v) is 8.39. The first kappa shape index (κ1) is 18.9. The molecule has 7 nitrogen and oxygen atoms in total. The summed E-state index contributed by atoms with van der Waals surface area (Å²) in [5, 5.41) is 8.33. The van der Waals surface area contributed by atoms with E-state index < -0.39 is 5.91 Å². The number of hydrogen-bond acceptors (Lipinski definition) is 5. The smallest absolute Gasteiger partial charge is 0.254 e. The molecule has 3 aliphatic rings. The molecule has 0 unspecified atom stereocenters. The van der Waals surface area contributed by atoms with E-state index in [0.717, 1.165) is 61.8 Å². The fourth-order valence-corrected chi connectivity index (χ4v) is 4.64. The predicted octanol–water partition coefficient (Wildman–Crippen LogP) is 3.01. The summed E-state index contributed by atoms with van der Waals surface area (Å²) < 4.78 is 7.83. The summed E-state index contributed by atoms with van der Waals surface area (Å²) in [7, 11) is 2.15. The summed E-state index contributed by atoms with van der Waals surface area (Å²) in [5.41, 5.74) is 7.74. The third kappa shape index (κ3) is 3.50. The van der Waals surface area contributed by atoms with Crippen molar-refractivity contribution in [2.24, 2.45) is 11.7 Å². The van der Waals surface area contributed by atoms with Crippen molar-refractivity contribution in [3.05, 3.63) is 53.8 Å². The number of hydrogen-bond donors (Lipinski definition) is 2. The normalized spacial score (nSPS) is 23.2. The Kier molecular flexibility index (Phi) is 4.83. The maximum absolute atomic E-state index is 12.4. The Bertz CT molecular complexity index is 1020. The van der Waals surface area contributed by atoms with E-state index >= 15 is 0 Å². The Morgan fingerprint density at radius 3 is 2.80 bits per heavy atom. The number of fused-ring (bicyclic) bond motifs is 2. The number of anilines is 1. The van der Waals surface area contributed by atoms with Gasteiger partial charge in [0.25, 0.3) is 5.91 Å². The number of benzene rings is 1. The Labute approximate surface area is 176 Å². The standard InChI is InChI=1S/C23H27N5O2/c1-27-12-11-19-16(13-27)14-28-23(25-19)20(22(24)29)21(26-28)15-7-9-18(10-8-15)30-17-5-3-2-4-6-17/h3,5-10,16,19,25H,2,4,11-14H2,1H3,(H2,24,29)/t16-,19-/m1/s1. The molecule has 3 N–H and O–H groups in total. The lowest BCUT2D eigenvalue weighted by Crippen LogP contribution is -2.49. The average Bonchev–Trinajstić information content (AvgIpc) is 3.12. The highest BCUT2D eigenvalue weighted by molar-refractivity contribution is 6.03. The van der Waals surface area contributed by atoms with E-state index in [4.69, 9.17) is 15.6 Å². The molecule has 0 spiro atoms. The number of piperidine rings is 1. The third-order valence-electron chi connectivity index (χ3n) is 6.19. The SMILES string of the molecule is CN1CC[C@H]2Nc3c(C(N)=O)c(-c4ccc(OC5=CCCC=C5)cc4)nn3C[C@H]2C1. The fraction of sp³-hybridized carbons (Fsp3) is 0.391. The number of nitrogens with zero attached hydrogens (tertiary/aromatic N) is 3. The van der Waals surface area contributed by atoms with E-state index in [1.54, 1.807) is 0 Å². The van der Waals surface area contributed by atoms with E-state index in [2.05, 4.69) is 29.4 Å². The number of carbonyl (C=O) groups is 1. The van der Waals surface area contributed by atoms with Gasteiger partial charge in [0, 0.05) is 30.6 Å². The summed E-state index contributed by atoms with van der Waals surface area (Å²) in [6, 6.07) is 8.03. The van der Waals surface area contributed by atoms with Crippen LogP contribution in [0.2, 0.25) is 0 Å². The van der Waals surface area contributed by atoms with Crippen LogP contribution in [0.4, 0.5) is 5.82 Å². The molecular weight excluding hydrogens is 378 g/mol. The summed E-state index contributed by atoms with van der Waals surface area (Å²) in [5.74, 6) is 2.38. The van der Waals surface area contributed by atoms with Gasteiger partial charge in [0.15, 0.2) is 0 Å². The molecule has 2 aromatic rings. The monoisotopic (exact) mass is 405 g/mol. The number of ether oxygens (including phenoxy) is 1. The molecule has 7 heteroatoms. The molecule has 30 heavy (non-hydrogen) atoms. The van der Waals surface area contributed by atoms with Gasteiger partial charge in [-0.3, -0.25) is 4.79 Å². The highest BCUT2D eigenvalue weighted by Crippen LogP contribution is 2.36. The van der Waals surface area contributed by atoms with Crippen LogP contribution in [0.15, 0.2) is 48.3 Å². The van der Waals surface area contributed by atoms with Gasteiger partial charge < -0.3 is 20.7 Å². The number of carbonyl (C=O) groups excluding carboxylic acids is 1. The predicted molar refractivity (Wildman–Crippen MR) is 116 cm³/mol. The number of nitrogens with two attached hydrogens (primary N) is 1. The van der Waals surface area contributed by atoms with Crippen molar-refractivity contribution in [2.75, 3.05) is 25.5 Å². The number of allylic oxidation sites excluding steroid dienone is 3. The summed E-state index contributed by atoms with van der Waals surface area (Å²) in [6.07, 6.45) is 9.30. The number of likely N-dealkylation sites (tertiary alicyclic amines) is 1. The molecule has 0 radical (unpaired) electrons. The van der Waals surface area contributed by atoms with E-state index in [1.807, 2.05) is 35.0 Å². The Hall–Kier alpha value is -3.06. The lowest BCUT2D eigenvalue weighted by atomic mass is 9.90. The zero-order chi connectivity index (χ0) is 20.7. The molecule has 156 valence electrons. The van der Waals surface area contributed by atoms with Crippen LogP contribution in [0.1, 0.15) is 29.6 Å². The molecule has 1 aliphatic carbocycles. The lowest BCUT2D eigenvalue weighted by molar-refractivity contribution is 0.100. The van der Waals surface area contributed by atoms with Gasteiger partial charge in [-0.05, 0) is 69.3 Å². The van der Waals surface area contributed by atoms with Crippen LogP contribution in [0, 0.1) is 5.92 Å². The summed E-state index contributed by atoms with van der Waals surface area (Å²) in [6.45, 7) is 2.86. The van der Waals surface area contributed by atoms with Gasteiger partial charge in [-0.15, -0.1) is 0 Å². The van der Waals surface area contributed by atoms with E-state index in [1.165, 1.54) is 0 Å². The molecule has 1 aromatic carbocycles. The second kappa shape index (κ2) is 7.65. The van der Waals surface area contributed by atoms with Crippen LogP contribution < -0.4 is 15.8 Å². The molecule has 1 amide bonds. The maximum atomic E-state index is 12.4. The first-order valence-electron chi connectivity index (χ1n) is 10.6. The molecule has 2 aliphatic heterocycles. The van der Waals surface area contributed by atoms with Crippen molar-refractivity contribution in [2.45, 2.75) is 31.8 Å². The van der Waals surface area contributed by atoms with Crippen molar-refractivity contribution in [1.29, 1.82) is 0 Å².